The van der Waals surface area contributed by atoms with Crippen LogP contribution in [0.3, 0.4) is 0 Å². The molecule has 2 aromatic carbocycles. The molecule has 0 aliphatic carbocycles. The lowest BCUT2D eigenvalue weighted by atomic mass is 10.2. The lowest BCUT2D eigenvalue weighted by Gasteiger charge is -2.26. The maximum absolute atomic E-state index is 13.1. The minimum absolute atomic E-state index is 0.134. The molecule has 1 saturated heterocycles. The first kappa shape index (κ1) is 19.3. The second-order valence-corrected chi connectivity index (χ2v) is 8.64. The summed E-state index contributed by atoms with van der Waals surface area (Å²) in [5.74, 6) is -0.521. The predicted octanol–water partition coefficient (Wildman–Crippen LogP) is 2.94. The van der Waals surface area contributed by atoms with E-state index in [0.29, 0.717) is 5.69 Å². The van der Waals surface area contributed by atoms with Crippen LogP contribution in [0.15, 0.2) is 59.5 Å². The minimum atomic E-state index is -3.72. The Hall–Kier alpha value is -2.51. The Morgan fingerprint density at radius 3 is 2.00 bits per heavy atom. The quantitative estimate of drug-likeness (QED) is 0.716. The van der Waals surface area contributed by atoms with Crippen molar-refractivity contribution in [3.05, 3.63) is 60.2 Å². The van der Waals surface area contributed by atoms with Gasteiger partial charge in [-0.05, 0) is 43.7 Å². The summed E-state index contributed by atoms with van der Waals surface area (Å²) in [4.78, 5) is 24.9. The second-order valence-electron chi connectivity index (χ2n) is 6.75. The summed E-state index contributed by atoms with van der Waals surface area (Å²) in [5, 5.41) is 0. The Morgan fingerprint density at radius 1 is 0.926 bits per heavy atom. The Balaban J connectivity index is 1.88. The van der Waals surface area contributed by atoms with E-state index in [2.05, 4.69) is 0 Å². The average Bonchev–Trinajstić information content (AvgIpc) is 2.98. The van der Waals surface area contributed by atoms with Gasteiger partial charge in [-0.1, -0.05) is 30.3 Å². The molecule has 1 aliphatic rings. The normalized spacial score (nSPS) is 15.2. The van der Waals surface area contributed by atoms with Crippen molar-refractivity contribution >= 4 is 27.5 Å². The van der Waals surface area contributed by atoms with Crippen molar-refractivity contribution in [1.29, 1.82) is 0 Å². The van der Waals surface area contributed by atoms with Gasteiger partial charge in [0.15, 0.2) is 0 Å². The Kier molecular flexibility index (Phi) is 5.43. The lowest BCUT2D eigenvalue weighted by molar-refractivity contribution is -0.121. The van der Waals surface area contributed by atoms with E-state index in [-0.39, 0.29) is 42.1 Å². The first-order valence-electron chi connectivity index (χ1n) is 8.82. The van der Waals surface area contributed by atoms with Crippen LogP contribution in [0.5, 0.6) is 0 Å². The molecule has 0 N–H and O–H groups in total. The smallest absolute Gasteiger partial charge is 0.243 e. The number of carbonyl (C=O) groups is 2. The third kappa shape index (κ3) is 3.94. The predicted molar refractivity (Wildman–Crippen MR) is 102 cm³/mol. The standard InChI is InChI=1S/C20H22N2O4S/c1-15(2)21(14-16-6-4-3-5-7-16)27(25,26)18-10-8-17(9-11-18)22-19(23)12-13-20(22)24/h3-11,15H,12-14H2,1-2H3. The second kappa shape index (κ2) is 7.62. The molecule has 0 saturated carbocycles. The van der Waals surface area contributed by atoms with Crippen LogP contribution in [0.4, 0.5) is 5.69 Å². The number of hydrogen-bond acceptors (Lipinski definition) is 4. The van der Waals surface area contributed by atoms with E-state index in [1.54, 1.807) is 0 Å². The fraction of sp³-hybridized carbons (Fsp3) is 0.300. The average molecular weight is 386 g/mol. The van der Waals surface area contributed by atoms with Gasteiger partial charge in [-0.3, -0.25) is 14.5 Å². The zero-order valence-electron chi connectivity index (χ0n) is 15.3. The number of rotatable bonds is 6. The zero-order chi connectivity index (χ0) is 19.6. The molecule has 2 aromatic rings. The van der Waals surface area contributed by atoms with Crippen molar-refractivity contribution in [3.63, 3.8) is 0 Å². The van der Waals surface area contributed by atoms with Crippen LogP contribution >= 0.6 is 0 Å². The molecule has 0 radical (unpaired) electrons. The number of imide groups is 1. The molecule has 27 heavy (non-hydrogen) atoms. The van der Waals surface area contributed by atoms with E-state index in [1.807, 2.05) is 44.2 Å². The van der Waals surface area contributed by atoms with E-state index >= 15 is 0 Å². The first-order chi connectivity index (χ1) is 12.8. The number of nitrogens with zero attached hydrogens (tertiary/aromatic N) is 2. The summed E-state index contributed by atoms with van der Waals surface area (Å²) < 4.78 is 27.7. The highest BCUT2D eigenvalue weighted by atomic mass is 32.2. The molecule has 2 amide bonds. The molecule has 0 aromatic heterocycles. The molecule has 0 atom stereocenters. The highest BCUT2D eigenvalue weighted by Gasteiger charge is 2.31. The summed E-state index contributed by atoms with van der Waals surface area (Å²) in [6, 6.07) is 15.1. The SMILES string of the molecule is CC(C)N(Cc1ccccc1)S(=O)(=O)c1ccc(N2C(=O)CCC2=O)cc1. The van der Waals surface area contributed by atoms with E-state index in [0.717, 1.165) is 10.5 Å². The zero-order valence-corrected chi connectivity index (χ0v) is 16.1. The Morgan fingerprint density at radius 2 is 1.48 bits per heavy atom. The van der Waals surface area contributed by atoms with Gasteiger partial charge in [0, 0.05) is 25.4 Å². The number of carbonyl (C=O) groups excluding carboxylic acids is 2. The highest BCUT2D eigenvalue weighted by Crippen LogP contribution is 2.26. The van der Waals surface area contributed by atoms with Crippen LogP contribution in [-0.4, -0.2) is 30.6 Å². The lowest BCUT2D eigenvalue weighted by Crippen LogP contribution is -2.36. The van der Waals surface area contributed by atoms with Crippen LogP contribution in [0.2, 0.25) is 0 Å². The van der Waals surface area contributed by atoms with Crippen molar-refractivity contribution in [2.24, 2.45) is 0 Å². The van der Waals surface area contributed by atoms with Crippen molar-refractivity contribution in [2.75, 3.05) is 4.90 Å². The molecule has 0 spiro atoms. The van der Waals surface area contributed by atoms with E-state index in [1.165, 1.54) is 28.6 Å². The first-order valence-corrected chi connectivity index (χ1v) is 10.3. The Bertz CT molecular complexity index is 922. The summed E-state index contributed by atoms with van der Waals surface area (Å²) >= 11 is 0. The fourth-order valence-electron chi connectivity index (χ4n) is 3.08. The van der Waals surface area contributed by atoms with E-state index in [9.17, 15) is 18.0 Å². The van der Waals surface area contributed by atoms with Gasteiger partial charge in [0.05, 0.1) is 10.6 Å². The van der Waals surface area contributed by atoms with Crippen molar-refractivity contribution < 1.29 is 18.0 Å². The fourth-order valence-corrected chi connectivity index (χ4v) is 4.70. The summed E-state index contributed by atoms with van der Waals surface area (Å²) in [5.41, 5.74) is 1.31. The summed E-state index contributed by atoms with van der Waals surface area (Å²) in [6.45, 7) is 3.93. The number of amides is 2. The monoisotopic (exact) mass is 386 g/mol. The van der Waals surface area contributed by atoms with Crippen LogP contribution in [-0.2, 0) is 26.2 Å². The number of benzene rings is 2. The van der Waals surface area contributed by atoms with Crippen molar-refractivity contribution in [2.45, 2.75) is 44.2 Å². The Labute approximate surface area is 159 Å². The number of anilines is 1. The number of hydrogen-bond donors (Lipinski definition) is 0. The van der Waals surface area contributed by atoms with Crippen molar-refractivity contribution in [3.8, 4) is 0 Å². The molecule has 1 heterocycles. The molecular weight excluding hydrogens is 364 g/mol. The van der Waals surface area contributed by atoms with Gasteiger partial charge < -0.3 is 0 Å². The van der Waals surface area contributed by atoms with Gasteiger partial charge in [-0.15, -0.1) is 0 Å². The van der Waals surface area contributed by atoms with Crippen LogP contribution in [0, 0.1) is 0 Å². The van der Waals surface area contributed by atoms with Gasteiger partial charge in [-0.25, -0.2) is 8.42 Å². The van der Waals surface area contributed by atoms with Crippen LogP contribution in [0.25, 0.3) is 0 Å². The molecule has 1 aliphatic heterocycles. The van der Waals surface area contributed by atoms with Gasteiger partial charge in [0.1, 0.15) is 0 Å². The van der Waals surface area contributed by atoms with Crippen LogP contribution < -0.4 is 4.90 Å². The molecule has 0 bridgehead atoms. The molecule has 6 nitrogen and oxygen atoms in total. The summed E-state index contributed by atoms with van der Waals surface area (Å²) in [7, 11) is -3.72. The molecule has 7 heteroatoms. The molecule has 3 rings (SSSR count). The van der Waals surface area contributed by atoms with Gasteiger partial charge in [0.25, 0.3) is 0 Å². The molecule has 142 valence electrons. The molecular formula is C20H22N2O4S. The van der Waals surface area contributed by atoms with Gasteiger partial charge >= 0.3 is 0 Å². The third-order valence-corrected chi connectivity index (χ3v) is 6.55. The largest absolute Gasteiger partial charge is 0.274 e. The van der Waals surface area contributed by atoms with Crippen molar-refractivity contribution in [1.82, 2.24) is 4.31 Å². The third-order valence-electron chi connectivity index (χ3n) is 4.51. The number of sulfonamides is 1. The van der Waals surface area contributed by atoms with E-state index in [4.69, 9.17) is 0 Å². The van der Waals surface area contributed by atoms with Gasteiger partial charge in [-0.2, -0.15) is 4.31 Å². The van der Waals surface area contributed by atoms with E-state index < -0.39 is 10.0 Å². The minimum Gasteiger partial charge on any atom is -0.274 e. The molecule has 0 unspecified atom stereocenters. The topological polar surface area (TPSA) is 74.8 Å². The van der Waals surface area contributed by atoms with Gasteiger partial charge in [0.2, 0.25) is 21.8 Å². The van der Waals surface area contributed by atoms with Crippen LogP contribution in [0.1, 0.15) is 32.3 Å². The maximum atomic E-state index is 13.1. The maximum Gasteiger partial charge on any atom is 0.243 e. The summed E-state index contributed by atoms with van der Waals surface area (Å²) in [6.07, 6.45) is 0.383. The highest BCUT2D eigenvalue weighted by molar-refractivity contribution is 7.89. The molecule has 1 fully saturated rings.